The molecule has 21 heavy (non-hydrogen) atoms. The highest BCUT2D eigenvalue weighted by Crippen LogP contribution is 2.11. The van der Waals surface area contributed by atoms with E-state index in [1.165, 1.54) is 0 Å². The summed E-state index contributed by atoms with van der Waals surface area (Å²) in [7, 11) is 0. The molecule has 5 atom stereocenters. The lowest BCUT2D eigenvalue weighted by Crippen LogP contribution is -2.52. The maximum absolute atomic E-state index is 11.7. The van der Waals surface area contributed by atoms with Crippen molar-refractivity contribution >= 4 is 11.6 Å². The molecule has 1 rings (SSSR count). The van der Waals surface area contributed by atoms with E-state index < -0.39 is 43.0 Å². The van der Waals surface area contributed by atoms with E-state index in [1.807, 2.05) is 0 Å². The van der Waals surface area contributed by atoms with Gasteiger partial charge in [-0.15, -0.1) is 0 Å². The number of aliphatic hydroxyl groups is 6. The molecule has 118 valence electrons. The van der Waals surface area contributed by atoms with Crippen molar-refractivity contribution in [2.75, 3.05) is 11.9 Å². The van der Waals surface area contributed by atoms with Crippen LogP contribution in [0.5, 0.6) is 0 Å². The highest BCUT2D eigenvalue weighted by Gasteiger charge is 2.37. The van der Waals surface area contributed by atoms with Gasteiger partial charge in [0.05, 0.1) is 6.61 Å². The smallest absolute Gasteiger partial charge is 0.256 e. The van der Waals surface area contributed by atoms with Crippen LogP contribution in [0.1, 0.15) is 0 Å². The SMILES string of the molecule is O=C(Nc1ccccc1)[C@H](O)[C@H](O)[C@H](O)[C@H](O)[C@@H](O)CO. The Morgan fingerprint density at radius 2 is 1.52 bits per heavy atom. The van der Waals surface area contributed by atoms with Crippen LogP contribution in [0.25, 0.3) is 0 Å². The summed E-state index contributed by atoms with van der Waals surface area (Å²) < 4.78 is 0. The van der Waals surface area contributed by atoms with E-state index in [0.29, 0.717) is 5.69 Å². The highest BCUT2D eigenvalue weighted by molar-refractivity contribution is 5.94. The Labute approximate surface area is 120 Å². The standard InChI is InChI=1S/C13H19NO7/c15-6-8(16)9(17)10(18)11(19)12(20)13(21)14-7-4-2-1-3-5-7/h1-5,8-12,15-20H,6H2,(H,14,21)/t8-,9+,10+,11+,12+/m0/s1. The van der Waals surface area contributed by atoms with Gasteiger partial charge in [-0.05, 0) is 12.1 Å². The van der Waals surface area contributed by atoms with Crippen LogP contribution in [0.2, 0.25) is 0 Å². The largest absolute Gasteiger partial charge is 0.394 e. The average molecular weight is 301 g/mol. The zero-order valence-corrected chi connectivity index (χ0v) is 11.1. The molecule has 1 aromatic carbocycles. The molecule has 0 aliphatic rings. The molecule has 0 unspecified atom stereocenters. The molecular formula is C13H19NO7. The minimum absolute atomic E-state index is 0.374. The normalized spacial score (nSPS) is 18.4. The van der Waals surface area contributed by atoms with Crippen molar-refractivity contribution in [3.8, 4) is 0 Å². The number of rotatable bonds is 7. The summed E-state index contributed by atoms with van der Waals surface area (Å²) in [6, 6.07) is 8.12. The second-order valence-corrected chi connectivity index (χ2v) is 4.52. The molecule has 0 bridgehead atoms. The van der Waals surface area contributed by atoms with Crippen LogP contribution in [0.15, 0.2) is 30.3 Å². The van der Waals surface area contributed by atoms with Gasteiger partial charge < -0.3 is 36.0 Å². The molecule has 0 aliphatic heterocycles. The lowest BCUT2D eigenvalue weighted by Gasteiger charge is -2.27. The fourth-order valence-electron chi connectivity index (χ4n) is 1.62. The summed E-state index contributed by atoms with van der Waals surface area (Å²) in [5, 5.41) is 58.3. The van der Waals surface area contributed by atoms with E-state index >= 15 is 0 Å². The van der Waals surface area contributed by atoms with E-state index in [4.69, 9.17) is 10.2 Å². The molecule has 1 aromatic rings. The zero-order chi connectivity index (χ0) is 16.0. The van der Waals surface area contributed by atoms with Gasteiger partial charge in [0.15, 0.2) is 6.10 Å². The van der Waals surface area contributed by atoms with Crippen LogP contribution in [0, 0.1) is 0 Å². The molecular weight excluding hydrogens is 282 g/mol. The Bertz CT molecular complexity index is 441. The second-order valence-electron chi connectivity index (χ2n) is 4.52. The predicted molar refractivity (Wildman–Crippen MR) is 72.2 cm³/mol. The van der Waals surface area contributed by atoms with Gasteiger partial charge in [0.1, 0.15) is 24.4 Å². The molecule has 1 amide bonds. The number of carbonyl (C=O) groups is 1. The number of hydrogen-bond acceptors (Lipinski definition) is 7. The minimum Gasteiger partial charge on any atom is -0.394 e. The third-order valence-electron chi connectivity index (χ3n) is 2.91. The Morgan fingerprint density at radius 3 is 2.05 bits per heavy atom. The van der Waals surface area contributed by atoms with Crippen molar-refractivity contribution < 1.29 is 35.4 Å². The van der Waals surface area contributed by atoms with Gasteiger partial charge >= 0.3 is 0 Å². The van der Waals surface area contributed by atoms with Crippen LogP contribution in [-0.2, 0) is 4.79 Å². The Hall–Kier alpha value is -1.55. The molecule has 8 nitrogen and oxygen atoms in total. The zero-order valence-electron chi connectivity index (χ0n) is 11.1. The van der Waals surface area contributed by atoms with Gasteiger partial charge in [0.25, 0.3) is 5.91 Å². The van der Waals surface area contributed by atoms with Gasteiger partial charge in [0, 0.05) is 5.69 Å². The van der Waals surface area contributed by atoms with Gasteiger partial charge in [-0.3, -0.25) is 4.79 Å². The summed E-state index contributed by atoms with van der Waals surface area (Å²) in [6.07, 6.45) is -9.70. The first kappa shape index (κ1) is 17.5. The Kier molecular flexibility index (Phi) is 6.69. The number of para-hydroxylation sites is 1. The first-order valence-corrected chi connectivity index (χ1v) is 6.25. The van der Waals surface area contributed by atoms with Crippen molar-refractivity contribution in [3.63, 3.8) is 0 Å². The summed E-state index contributed by atoms with van der Waals surface area (Å²) >= 11 is 0. The topological polar surface area (TPSA) is 150 Å². The number of aliphatic hydroxyl groups excluding tert-OH is 6. The summed E-state index contributed by atoms with van der Waals surface area (Å²) in [5.74, 6) is -0.988. The van der Waals surface area contributed by atoms with E-state index in [1.54, 1.807) is 30.3 Å². The second kappa shape index (κ2) is 8.03. The van der Waals surface area contributed by atoms with Crippen molar-refractivity contribution in [2.45, 2.75) is 30.5 Å². The van der Waals surface area contributed by atoms with Gasteiger partial charge in [-0.1, -0.05) is 18.2 Å². The fraction of sp³-hybridized carbons (Fsp3) is 0.462. The maximum atomic E-state index is 11.7. The molecule has 7 N–H and O–H groups in total. The lowest BCUT2D eigenvalue weighted by molar-refractivity contribution is -0.153. The number of hydrogen-bond donors (Lipinski definition) is 7. The third-order valence-corrected chi connectivity index (χ3v) is 2.91. The third kappa shape index (κ3) is 4.74. The van der Waals surface area contributed by atoms with E-state index in [2.05, 4.69) is 5.32 Å². The first-order chi connectivity index (χ1) is 9.88. The molecule has 0 aliphatic carbocycles. The van der Waals surface area contributed by atoms with Crippen LogP contribution < -0.4 is 5.32 Å². The molecule has 0 spiro atoms. The Balaban J connectivity index is 2.64. The number of amides is 1. The first-order valence-electron chi connectivity index (χ1n) is 6.25. The monoisotopic (exact) mass is 301 g/mol. The fourth-order valence-corrected chi connectivity index (χ4v) is 1.62. The van der Waals surface area contributed by atoms with Gasteiger partial charge in [-0.25, -0.2) is 0 Å². The van der Waals surface area contributed by atoms with Crippen LogP contribution in [0.3, 0.4) is 0 Å². The molecule has 0 saturated carbocycles. The average Bonchev–Trinajstić information content (AvgIpc) is 2.52. The van der Waals surface area contributed by atoms with Crippen LogP contribution in [-0.4, -0.2) is 73.7 Å². The van der Waals surface area contributed by atoms with Crippen molar-refractivity contribution in [1.82, 2.24) is 0 Å². The number of benzene rings is 1. The molecule has 0 radical (unpaired) electrons. The minimum atomic E-state index is -2.04. The van der Waals surface area contributed by atoms with Gasteiger partial charge in [-0.2, -0.15) is 0 Å². The van der Waals surface area contributed by atoms with Crippen LogP contribution in [0.4, 0.5) is 5.69 Å². The van der Waals surface area contributed by atoms with Crippen molar-refractivity contribution in [3.05, 3.63) is 30.3 Å². The summed E-state index contributed by atoms with van der Waals surface area (Å²) in [4.78, 5) is 11.7. The van der Waals surface area contributed by atoms with E-state index in [9.17, 15) is 25.2 Å². The van der Waals surface area contributed by atoms with Gasteiger partial charge in [0.2, 0.25) is 0 Å². The van der Waals surface area contributed by atoms with Crippen LogP contribution >= 0.6 is 0 Å². The molecule has 8 heteroatoms. The van der Waals surface area contributed by atoms with E-state index in [0.717, 1.165) is 0 Å². The summed E-state index contributed by atoms with van der Waals surface area (Å²) in [5.41, 5.74) is 0.374. The molecule has 0 fully saturated rings. The predicted octanol–water partition coefficient (Wildman–Crippen LogP) is -2.58. The molecule has 0 aromatic heterocycles. The van der Waals surface area contributed by atoms with Crippen molar-refractivity contribution in [2.24, 2.45) is 0 Å². The van der Waals surface area contributed by atoms with E-state index in [-0.39, 0.29) is 0 Å². The Morgan fingerprint density at radius 1 is 0.952 bits per heavy atom. The maximum Gasteiger partial charge on any atom is 0.256 e. The summed E-state index contributed by atoms with van der Waals surface area (Å²) in [6.45, 7) is -0.850. The quantitative estimate of drug-likeness (QED) is 0.292. The molecule has 0 heterocycles. The number of nitrogens with one attached hydrogen (secondary N) is 1. The molecule has 0 saturated heterocycles. The number of carbonyl (C=O) groups excluding carboxylic acids is 1. The highest BCUT2D eigenvalue weighted by atomic mass is 16.4. The lowest BCUT2D eigenvalue weighted by atomic mass is 9.99. The van der Waals surface area contributed by atoms with Crippen molar-refractivity contribution in [1.29, 1.82) is 0 Å². The number of anilines is 1.